The Morgan fingerprint density at radius 1 is 1.50 bits per heavy atom. The van der Waals surface area contributed by atoms with Crippen molar-refractivity contribution in [3.05, 3.63) is 32.7 Å². The Balaban J connectivity index is 2.79. The average Bonchev–Trinajstić information content (AvgIpc) is 2.21. The number of aryl methyl sites for hydroxylation is 1. The van der Waals surface area contributed by atoms with E-state index >= 15 is 0 Å². The summed E-state index contributed by atoms with van der Waals surface area (Å²) < 4.78 is 6.33. The van der Waals surface area contributed by atoms with Gasteiger partial charge in [-0.2, -0.15) is 0 Å². The van der Waals surface area contributed by atoms with Crippen LogP contribution >= 0.6 is 15.9 Å². The third-order valence-electron chi connectivity index (χ3n) is 2.20. The van der Waals surface area contributed by atoms with Crippen LogP contribution in [0.3, 0.4) is 0 Å². The zero-order valence-corrected chi connectivity index (χ0v) is 10.6. The van der Waals surface area contributed by atoms with Gasteiger partial charge in [0.2, 0.25) is 0 Å². The number of fused-ring (bicyclic) bond motifs is 1. The standard InChI is InChI=1S/C11H11BrN2O2/c1-3-16-9-5-7(12)4-8-10(9)13-6(2)11(15)14-8/h4-5H,3H2,1-2H3,(H,14,15). The zero-order valence-electron chi connectivity index (χ0n) is 9.00. The molecule has 84 valence electrons. The second-order valence-electron chi connectivity index (χ2n) is 3.38. The van der Waals surface area contributed by atoms with Gasteiger partial charge in [-0.25, -0.2) is 4.98 Å². The van der Waals surface area contributed by atoms with E-state index in [1.807, 2.05) is 19.1 Å². The minimum atomic E-state index is -0.173. The topological polar surface area (TPSA) is 55.0 Å². The number of aromatic nitrogens is 2. The Morgan fingerprint density at radius 2 is 2.25 bits per heavy atom. The molecule has 2 aromatic rings. The summed E-state index contributed by atoms with van der Waals surface area (Å²) in [6.45, 7) is 4.15. The van der Waals surface area contributed by atoms with Gasteiger partial charge in [-0.15, -0.1) is 0 Å². The lowest BCUT2D eigenvalue weighted by molar-refractivity contribution is 0.343. The van der Waals surface area contributed by atoms with Crippen LogP contribution in [0.1, 0.15) is 12.6 Å². The molecular formula is C11H11BrN2O2. The predicted molar refractivity (Wildman–Crippen MR) is 66.0 cm³/mol. The SMILES string of the molecule is CCOc1cc(Br)cc2[nH]c(=O)c(C)nc12. The fraction of sp³-hybridized carbons (Fsp3) is 0.273. The number of hydrogen-bond donors (Lipinski definition) is 1. The lowest BCUT2D eigenvalue weighted by Crippen LogP contribution is -2.12. The van der Waals surface area contributed by atoms with E-state index in [0.717, 1.165) is 4.47 Å². The summed E-state index contributed by atoms with van der Waals surface area (Å²) >= 11 is 3.37. The minimum Gasteiger partial charge on any atom is -0.491 e. The van der Waals surface area contributed by atoms with Crippen molar-refractivity contribution in [2.45, 2.75) is 13.8 Å². The summed E-state index contributed by atoms with van der Waals surface area (Å²) in [6.07, 6.45) is 0. The van der Waals surface area contributed by atoms with E-state index in [0.29, 0.717) is 29.1 Å². The molecule has 2 rings (SSSR count). The molecule has 0 saturated heterocycles. The minimum absolute atomic E-state index is 0.173. The second-order valence-corrected chi connectivity index (χ2v) is 4.30. The molecule has 0 radical (unpaired) electrons. The van der Waals surface area contributed by atoms with Crippen molar-refractivity contribution in [3.8, 4) is 5.75 Å². The normalized spacial score (nSPS) is 10.7. The van der Waals surface area contributed by atoms with Gasteiger partial charge < -0.3 is 9.72 Å². The van der Waals surface area contributed by atoms with Crippen molar-refractivity contribution < 1.29 is 4.74 Å². The van der Waals surface area contributed by atoms with Crippen LogP contribution in [-0.4, -0.2) is 16.6 Å². The predicted octanol–water partition coefficient (Wildman–Crippen LogP) is 2.39. The highest BCUT2D eigenvalue weighted by Gasteiger charge is 2.08. The lowest BCUT2D eigenvalue weighted by atomic mass is 10.2. The van der Waals surface area contributed by atoms with Crippen LogP contribution in [0.2, 0.25) is 0 Å². The molecule has 1 aromatic carbocycles. The first-order valence-corrected chi connectivity index (χ1v) is 5.74. The second kappa shape index (κ2) is 4.25. The molecule has 1 heterocycles. The molecule has 1 N–H and O–H groups in total. The highest BCUT2D eigenvalue weighted by atomic mass is 79.9. The quantitative estimate of drug-likeness (QED) is 0.920. The van der Waals surface area contributed by atoms with Crippen molar-refractivity contribution in [2.24, 2.45) is 0 Å². The summed E-state index contributed by atoms with van der Waals surface area (Å²) in [5.41, 5.74) is 1.62. The van der Waals surface area contributed by atoms with Gasteiger partial charge in [0.25, 0.3) is 5.56 Å². The van der Waals surface area contributed by atoms with Crippen LogP contribution in [-0.2, 0) is 0 Å². The van der Waals surface area contributed by atoms with Crippen LogP contribution in [0.25, 0.3) is 11.0 Å². The van der Waals surface area contributed by atoms with Gasteiger partial charge in [0.1, 0.15) is 17.0 Å². The summed E-state index contributed by atoms with van der Waals surface area (Å²) in [4.78, 5) is 18.5. The number of ether oxygens (including phenoxy) is 1. The number of nitrogens with one attached hydrogen (secondary N) is 1. The first-order chi connectivity index (χ1) is 7.61. The van der Waals surface area contributed by atoms with Crippen molar-refractivity contribution in [1.29, 1.82) is 0 Å². The molecule has 0 aliphatic heterocycles. The molecule has 5 heteroatoms. The highest BCUT2D eigenvalue weighted by Crippen LogP contribution is 2.27. The fourth-order valence-electron chi connectivity index (χ4n) is 1.48. The number of H-pyrrole nitrogens is 1. The molecule has 0 unspecified atom stereocenters. The van der Waals surface area contributed by atoms with Crippen molar-refractivity contribution in [1.82, 2.24) is 9.97 Å². The average molecular weight is 283 g/mol. The summed E-state index contributed by atoms with van der Waals surface area (Å²) in [7, 11) is 0. The van der Waals surface area contributed by atoms with Crippen LogP contribution < -0.4 is 10.3 Å². The van der Waals surface area contributed by atoms with Crippen molar-refractivity contribution >= 4 is 27.0 Å². The highest BCUT2D eigenvalue weighted by molar-refractivity contribution is 9.10. The van der Waals surface area contributed by atoms with E-state index in [9.17, 15) is 4.79 Å². The van der Waals surface area contributed by atoms with Gasteiger partial charge >= 0.3 is 0 Å². The maximum Gasteiger partial charge on any atom is 0.269 e. The Hall–Kier alpha value is -1.36. The van der Waals surface area contributed by atoms with E-state index in [2.05, 4.69) is 25.9 Å². The molecule has 0 aliphatic rings. The smallest absolute Gasteiger partial charge is 0.269 e. The van der Waals surface area contributed by atoms with E-state index < -0.39 is 0 Å². The molecule has 0 amide bonds. The van der Waals surface area contributed by atoms with E-state index in [4.69, 9.17) is 4.74 Å². The molecule has 0 spiro atoms. The third-order valence-corrected chi connectivity index (χ3v) is 2.65. The monoisotopic (exact) mass is 282 g/mol. The van der Waals surface area contributed by atoms with Gasteiger partial charge in [-0.05, 0) is 26.0 Å². The molecule has 1 aromatic heterocycles. The van der Waals surface area contributed by atoms with Crippen LogP contribution in [0.15, 0.2) is 21.4 Å². The number of aromatic amines is 1. The van der Waals surface area contributed by atoms with Crippen LogP contribution in [0.5, 0.6) is 5.75 Å². The number of hydrogen-bond acceptors (Lipinski definition) is 3. The third kappa shape index (κ3) is 1.95. The number of benzene rings is 1. The van der Waals surface area contributed by atoms with Gasteiger partial charge in [-0.1, -0.05) is 15.9 Å². The van der Waals surface area contributed by atoms with Crippen molar-refractivity contribution in [3.63, 3.8) is 0 Å². The van der Waals surface area contributed by atoms with E-state index in [1.54, 1.807) is 6.92 Å². The largest absolute Gasteiger partial charge is 0.491 e. The Morgan fingerprint density at radius 3 is 2.94 bits per heavy atom. The molecule has 0 atom stereocenters. The first kappa shape index (κ1) is 11.1. The molecule has 0 fully saturated rings. The molecule has 0 saturated carbocycles. The number of nitrogens with zero attached hydrogens (tertiary/aromatic N) is 1. The van der Waals surface area contributed by atoms with E-state index in [1.165, 1.54) is 0 Å². The zero-order chi connectivity index (χ0) is 11.7. The Labute approximate surface area is 101 Å². The molecule has 4 nitrogen and oxygen atoms in total. The molecule has 0 bridgehead atoms. The maximum absolute atomic E-state index is 11.4. The molecular weight excluding hydrogens is 272 g/mol. The van der Waals surface area contributed by atoms with Gasteiger partial charge in [0.05, 0.1) is 12.1 Å². The number of rotatable bonds is 2. The molecule has 16 heavy (non-hydrogen) atoms. The van der Waals surface area contributed by atoms with Crippen molar-refractivity contribution in [2.75, 3.05) is 6.61 Å². The first-order valence-electron chi connectivity index (χ1n) is 4.94. The van der Waals surface area contributed by atoms with Gasteiger partial charge in [0, 0.05) is 4.47 Å². The maximum atomic E-state index is 11.4. The van der Waals surface area contributed by atoms with Crippen LogP contribution in [0, 0.1) is 6.92 Å². The Bertz CT molecular complexity index is 592. The summed E-state index contributed by atoms with van der Waals surface area (Å²) in [5.74, 6) is 0.672. The fourth-order valence-corrected chi connectivity index (χ4v) is 1.92. The Kier molecular flexibility index (Phi) is 2.96. The summed E-state index contributed by atoms with van der Waals surface area (Å²) in [5, 5.41) is 0. The molecule has 0 aliphatic carbocycles. The van der Waals surface area contributed by atoms with Crippen LogP contribution in [0.4, 0.5) is 0 Å². The lowest BCUT2D eigenvalue weighted by Gasteiger charge is -2.07. The summed E-state index contributed by atoms with van der Waals surface area (Å²) in [6, 6.07) is 3.66. The van der Waals surface area contributed by atoms with Gasteiger partial charge in [-0.3, -0.25) is 4.79 Å². The van der Waals surface area contributed by atoms with Gasteiger partial charge in [0.15, 0.2) is 0 Å². The van der Waals surface area contributed by atoms with E-state index in [-0.39, 0.29) is 5.56 Å². The number of halogens is 1.